The third-order valence-corrected chi connectivity index (χ3v) is 3.05. The van der Waals surface area contributed by atoms with Crippen LogP contribution in [0.5, 0.6) is 5.75 Å². The Kier molecular flexibility index (Phi) is 3.25. The van der Waals surface area contributed by atoms with Crippen LogP contribution in [-0.4, -0.2) is 17.7 Å². The van der Waals surface area contributed by atoms with Crippen molar-refractivity contribution in [2.75, 3.05) is 6.61 Å². The summed E-state index contributed by atoms with van der Waals surface area (Å²) in [5.74, 6) is 0.749. The van der Waals surface area contributed by atoms with E-state index < -0.39 is 0 Å². The van der Waals surface area contributed by atoms with Gasteiger partial charge in [-0.25, -0.2) is 0 Å². The maximum absolute atomic E-state index is 11.0. The molecule has 1 atom stereocenters. The van der Waals surface area contributed by atoms with E-state index in [0.717, 1.165) is 24.8 Å². The summed E-state index contributed by atoms with van der Waals surface area (Å²) in [6.07, 6.45) is 2.72. The predicted octanol–water partition coefficient (Wildman–Crippen LogP) is 1.71. The molecule has 0 heterocycles. The van der Waals surface area contributed by atoms with Gasteiger partial charge in [0.2, 0.25) is 0 Å². The molecule has 1 aliphatic carbocycles. The van der Waals surface area contributed by atoms with Crippen molar-refractivity contribution >= 4 is 5.97 Å². The van der Waals surface area contributed by atoms with Gasteiger partial charge in [0.1, 0.15) is 5.75 Å². The molecule has 1 N–H and O–H groups in total. The molecule has 0 spiro atoms. The van der Waals surface area contributed by atoms with Gasteiger partial charge in [-0.15, -0.1) is 0 Å². The number of benzene rings is 1. The lowest BCUT2D eigenvalue weighted by atomic mass is 9.84. The fourth-order valence-corrected chi connectivity index (χ4v) is 2.25. The quantitative estimate of drug-likeness (QED) is 0.609. The van der Waals surface area contributed by atoms with Crippen LogP contribution in [0.3, 0.4) is 0 Å². The molecule has 1 aliphatic rings. The van der Waals surface area contributed by atoms with Crippen molar-refractivity contribution in [3.8, 4) is 5.75 Å². The van der Waals surface area contributed by atoms with Crippen LogP contribution in [0.15, 0.2) is 18.2 Å². The number of aliphatic hydroxyl groups is 1. The van der Waals surface area contributed by atoms with Gasteiger partial charge < -0.3 is 9.84 Å². The van der Waals surface area contributed by atoms with Crippen LogP contribution < -0.4 is 4.74 Å². The summed E-state index contributed by atoms with van der Waals surface area (Å²) in [7, 11) is 0. The number of carbonyl (C=O) groups is 1. The smallest absolute Gasteiger partial charge is 0.308 e. The van der Waals surface area contributed by atoms with Crippen LogP contribution in [0.4, 0.5) is 0 Å². The maximum Gasteiger partial charge on any atom is 0.308 e. The third kappa shape index (κ3) is 2.25. The van der Waals surface area contributed by atoms with Crippen molar-refractivity contribution in [3.05, 3.63) is 29.3 Å². The van der Waals surface area contributed by atoms with Gasteiger partial charge in [0.05, 0.1) is 0 Å². The molecular formula is C13H16O3. The summed E-state index contributed by atoms with van der Waals surface area (Å²) in [6, 6.07) is 5.78. The van der Waals surface area contributed by atoms with Crippen molar-refractivity contribution in [1.82, 2.24) is 0 Å². The van der Waals surface area contributed by atoms with Crippen molar-refractivity contribution in [2.45, 2.75) is 26.2 Å². The predicted molar refractivity (Wildman–Crippen MR) is 60.4 cm³/mol. The molecule has 1 aromatic rings. The molecule has 3 heteroatoms. The van der Waals surface area contributed by atoms with E-state index >= 15 is 0 Å². The molecule has 0 saturated heterocycles. The van der Waals surface area contributed by atoms with Gasteiger partial charge in [-0.3, -0.25) is 4.79 Å². The van der Waals surface area contributed by atoms with Gasteiger partial charge in [-0.05, 0) is 42.4 Å². The maximum atomic E-state index is 11.0. The highest BCUT2D eigenvalue weighted by Gasteiger charge is 2.21. The molecule has 3 nitrogen and oxygen atoms in total. The van der Waals surface area contributed by atoms with Crippen LogP contribution in [0.25, 0.3) is 0 Å². The van der Waals surface area contributed by atoms with Gasteiger partial charge in [0, 0.05) is 13.5 Å². The summed E-state index contributed by atoms with van der Waals surface area (Å²) in [5, 5.41) is 9.15. The zero-order chi connectivity index (χ0) is 11.5. The Bertz CT molecular complexity index is 398. The van der Waals surface area contributed by atoms with Crippen molar-refractivity contribution in [3.63, 3.8) is 0 Å². The minimum atomic E-state index is -0.280. The molecule has 0 bridgehead atoms. The first-order chi connectivity index (χ1) is 7.70. The summed E-state index contributed by atoms with van der Waals surface area (Å²) in [5.41, 5.74) is 2.33. The molecular weight excluding hydrogens is 204 g/mol. The zero-order valence-corrected chi connectivity index (χ0v) is 9.40. The third-order valence-electron chi connectivity index (χ3n) is 3.05. The van der Waals surface area contributed by atoms with Crippen LogP contribution in [0.1, 0.15) is 24.5 Å². The Morgan fingerprint density at radius 1 is 1.56 bits per heavy atom. The molecule has 86 valence electrons. The normalized spacial score (nSPS) is 19.0. The van der Waals surface area contributed by atoms with Crippen LogP contribution in [0.2, 0.25) is 0 Å². The largest absolute Gasteiger partial charge is 0.426 e. The number of esters is 1. The standard InChI is InChI=1S/C13H16O3/c1-9(15)16-13-4-2-3-11-7-10(8-14)5-6-12(11)13/h2-4,10,14H,5-8H2,1H3. The Morgan fingerprint density at radius 3 is 3.06 bits per heavy atom. The van der Waals surface area contributed by atoms with E-state index in [2.05, 4.69) is 0 Å². The average Bonchev–Trinajstić information content (AvgIpc) is 2.28. The molecule has 0 amide bonds. The highest BCUT2D eigenvalue weighted by Crippen LogP contribution is 2.32. The second-order valence-electron chi connectivity index (χ2n) is 4.28. The molecule has 0 radical (unpaired) electrons. The monoisotopic (exact) mass is 220 g/mol. The van der Waals surface area contributed by atoms with E-state index in [1.54, 1.807) is 0 Å². The Hall–Kier alpha value is -1.35. The summed E-state index contributed by atoms with van der Waals surface area (Å²) in [6.45, 7) is 1.65. The zero-order valence-electron chi connectivity index (χ0n) is 9.40. The fraction of sp³-hybridized carbons (Fsp3) is 0.462. The Balaban J connectivity index is 2.27. The number of fused-ring (bicyclic) bond motifs is 1. The van der Waals surface area contributed by atoms with E-state index in [1.807, 2.05) is 18.2 Å². The molecule has 0 fully saturated rings. The van der Waals surface area contributed by atoms with Crippen molar-refractivity contribution in [2.24, 2.45) is 5.92 Å². The highest BCUT2D eigenvalue weighted by atomic mass is 16.5. The van der Waals surface area contributed by atoms with Crippen molar-refractivity contribution in [1.29, 1.82) is 0 Å². The van der Waals surface area contributed by atoms with E-state index in [1.165, 1.54) is 12.5 Å². The molecule has 2 rings (SSSR count). The minimum Gasteiger partial charge on any atom is -0.426 e. The van der Waals surface area contributed by atoms with Crippen molar-refractivity contribution < 1.29 is 14.6 Å². The average molecular weight is 220 g/mol. The summed E-state index contributed by atoms with van der Waals surface area (Å²) >= 11 is 0. The Morgan fingerprint density at radius 2 is 2.38 bits per heavy atom. The molecule has 0 aliphatic heterocycles. The van der Waals surface area contributed by atoms with Gasteiger partial charge in [0.25, 0.3) is 0 Å². The topological polar surface area (TPSA) is 46.5 Å². The lowest BCUT2D eigenvalue weighted by Crippen LogP contribution is -2.18. The van der Waals surface area contributed by atoms with E-state index in [-0.39, 0.29) is 12.6 Å². The van der Waals surface area contributed by atoms with E-state index in [4.69, 9.17) is 9.84 Å². The molecule has 1 unspecified atom stereocenters. The number of hydrogen-bond donors (Lipinski definition) is 1. The van der Waals surface area contributed by atoms with E-state index in [0.29, 0.717) is 11.7 Å². The second kappa shape index (κ2) is 4.66. The van der Waals surface area contributed by atoms with Crippen LogP contribution >= 0.6 is 0 Å². The highest BCUT2D eigenvalue weighted by molar-refractivity contribution is 5.70. The second-order valence-corrected chi connectivity index (χ2v) is 4.28. The first kappa shape index (κ1) is 11.1. The van der Waals surface area contributed by atoms with Crippen LogP contribution in [0, 0.1) is 5.92 Å². The number of carbonyl (C=O) groups excluding carboxylic acids is 1. The number of hydrogen-bond acceptors (Lipinski definition) is 3. The first-order valence-corrected chi connectivity index (χ1v) is 5.60. The molecule has 1 aromatic carbocycles. The van der Waals surface area contributed by atoms with Crippen LogP contribution in [-0.2, 0) is 17.6 Å². The van der Waals surface area contributed by atoms with E-state index in [9.17, 15) is 4.79 Å². The van der Waals surface area contributed by atoms with Gasteiger partial charge >= 0.3 is 5.97 Å². The number of aliphatic hydroxyl groups excluding tert-OH is 1. The van der Waals surface area contributed by atoms with Gasteiger partial charge in [-0.1, -0.05) is 12.1 Å². The lowest BCUT2D eigenvalue weighted by Gasteiger charge is -2.24. The van der Waals surface area contributed by atoms with Gasteiger partial charge in [-0.2, -0.15) is 0 Å². The SMILES string of the molecule is CC(=O)Oc1cccc2c1CCC(CO)C2. The number of ether oxygens (including phenoxy) is 1. The first-order valence-electron chi connectivity index (χ1n) is 5.60. The fourth-order valence-electron chi connectivity index (χ4n) is 2.25. The summed E-state index contributed by atoms with van der Waals surface area (Å²) < 4.78 is 5.18. The van der Waals surface area contributed by atoms with Gasteiger partial charge in [0.15, 0.2) is 0 Å². The molecule has 0 saturated carbocycles. The summed E-state index contributed by atoms with van der Waals surface area (Å²) in [4.78, 5) is 11.0. The Labute approximate surface area is 95.0 Å². The minimum absolute atomic E-state index is 0.233. The lowest BCUT2D eigenvalue weighted by molar-refractivity contribution is -0.131. The molecule has 0 aromatic heterocycles. The molecule has 16 heavy (non-hydrogen) atoms. The number of rotatable bonds is 2.